The minimum Gasteiger partial charge on any atom is -0.391 e. The summed E-state index contributed by atoms with van der Waals surface area (Å²) in [5.74, 6) is 0.123. The fourth-order valence-corrected chi connectivity index (χ4v) is 2.88. The van der Waals surface area contributed by atoms with Gasteiger partial charge in [0.1, 0.15) is 5.82 Å². The Hall–Kier alpha value is -1.69. The van der Waals surface area contributed by atoms with E-state index >= 15 is 0 Å². The maximum Gasteiger partial charge on any atom is 0.320 e. The molecule has 0 radical (unpaired) electrons. The molecule has 0 unspecified atom stereocenters. The molecule has 2 rings (SSSR count). The van der Waals surface area contributed by atoms with Gasteiger partial charge < -0.3 is 16.4 Å². The molecule has 1 saturated carbocycles. The van der Waals surface area contributed by atoms with Gasteiger partial charge in [-0.05, 0) is 43.7 Å². The third kappa shape index (κ3) is 3.69. The van der Waals surface area contributed by atoms with Crippen LogP contribution in [0.25, 0.3) is 0 Å². The van der Waals surface area contributed by atoms with E-state index in [1.54, 1.807) is 12.1 Å². The molecule has 4 nitrogen and oxygen atoms in total. The first-order chi connectivity index (χ1) is 9.93. The van der Waals surface area contributed by atoms with Crippen molar-refractivity contribution in [2.75, 3.05) is 5.32 Å². The highest BCUT2D eigenvalue weighted by Gasteiger charge is 2.38. The molecule has 1 aromatic rings. The Bertz CT molecular complexity index is 541. The number of hydrogen-bond donors (Lipinski definition) is 3. The minimum atomic E-state index is -0.669. The van der Waals surface area contributed by atoms with E-state index in [-0.39, 0.29) is 10.7 Å². The molecule has 1 aromatic carbocycles. The summed E-state index contributed by atoms with van der Waals surface area (Å²) in [7, 11) is 0. The van der Waals surface area contributed by atoms with E-state index in [4.69, 9.17) is 18.0 Å². The number of carbonyl (C=O) groups excluding carboxylic acids is 1. The van der Waals surface area contributed by atoms with Gasteiger partial charge in [0.2, 0.25) is 0 Å². The SMILES string of the molecule is CC1CCC(NC(=O)Nc2ccccc2F)(C(N)=S)CC1. The molecule has 1 aliphatic carbocycles. The van der Waals surface area contributed by atoms with Crippen LogP contribution >= 0.6 is 12.2 Å². The monoisotopic (exact) mass is 309 g/mol. The summed E-state index contributed by atoms with van der Waals surface area (Å²) in [6, 6.07) is 5.54. The van der Waals surface area contributed by atoms with Crippen LogP contribution in [-0.2, 0) is 0 Å². The first-order valence-electron chi connectivity index (χ1n) is 7.06. The summed E-state index contributed by atoms with van der Waals surface area (Å²) in [4.78, 5) is 12.4. The summed E-state index contributed by atoms with van der Waals surface area (Å²) in [5, 5.41) is 5.35. The summed E-state index contributed by atoms with van der Waals surface area (Å²) >= 11 is 5.14. The van der Waals surface area contributed by atoms with Gasteiger partial charge in [0, 0.05) is 0 Å². The number of nitrogens with two attached hydrogens (primary N) is 1. The largest absolute Gasteiger partial charge is 0.391 e. The van der Waals surface area contributed by atoms with Gasteiger partial charge in [0.25, 0.3) is 0 Å². The van der Waals surface area contributed by atoms with E-state index in [9.17, 15) is 9.18 Å². The second-order valence-electron chi connectivity index (χ2n) is 5.69. The van der Waals surface area contributed by atoms with Crippen molar-refractivity contribution in [2.24, 2.45) is 11.7 Å². The van der Waals surface area contributed by atoms with Crippen LogP contribution in [0.2, 0.25) is 0 Å². The summed E-state index contributed by atoms with van der Waals surface area (Å²) in [6.45, 7) is 2.17. The molecular formula is C15H20FN3OS. The molecular weight excluding hydrogens is 289 g/mol. The van der Waals surface area contributed by atoms with Gasteiger partial charge in [-0.1, -0.05) is 31.3 Å². The Morgan fingerprint density at radius 1 is 1.38 bits per heavy atom. The van der Waals surface area contributed by atoms with Crippen LogP contribution in [0.3, 0.4) is 0 Å². The second-order valence-corrected chi connectivity index (χ2v) is 6.13. The highest BCUT2D eigenvalue weighted by Crippen LogP contribution is 2.32. The number of amides is 2. The number of carbonyl (C=O) groups is 1. The van der Waals surface area contributed by atoms with Crippen molar-refractivity contribution in [1.82, 2.24) is 5.32 Å². The smallest absolute Gasteiger partial charge is 0.320 e. The number of nitrogens with one attached hydrogen (secondary N) is 2. The van der Waals surface area contributed by atoms with Crippen molar-refractivity contribution in [3.05, 3.63) is 30.1 Å². The van der Waals surface area contributed by atoms with Crippen molar-refractivity contribution in [1.29, 1.82) is 0 Å². The standard InChI is InChI=1S/C15H20FN3OS/c1-10-6-8-15(9-7-10,13(17)21)19-14(20)18-12-5-3-2-4-11(12)16/h2-5,10H,6-9H2,1H3,(H2,17,21)(H2,18,19,20). The summed E-state index contributed by atoms with van der Waals surface area (Å²) < 4.78 is 13.5. The molecule has 4 N–H and O–H groups in total. The molecule has 6 heteroatoms. The van der Waals surface area contributed by atoms with E-state index in [1.807, 2.05) is 0 Å². The number of hydrogen-bond acceptors (Lipinski definition) is 2. The molecule has 0 spiro atoms. The number of urea groups is 1. The summed E-state index contributed by atoms with van der Waals surface area (Å²) in [5.41, 5.74) is 5.30. The molecule has 1 fully saturated rings. The van der Waals surface area contributed by atoms with Gasteiger partial charge in [-0.2, -0.15) is 0 Å². The maximum absolute atomic E-state index is 13.5. The lowest BCUT2D eigenvalue weighted by molar-refractivity contribution is 0.227. The van der Waals surface area contributed by atoms with Crippen LogP contribution in [0.4, 0.5) is 14.9 Å². The van der Waals surface area contributed by atoms with Gasteiger partial charge in [0.15, 0.2) is 0 Å². The summed E-state index contributed by atoms with van der Waals surface area (Å²) in [6.07, 6.45) is 3.34. The van der Waals surface area contributed by atoms with Crippen molar-refractivity contribution in [3.63, 3.8) is 0 Å². The maximum atomic E-state index is 13.5. The van der Waals surface area contributed by atoms with Crippen LogP contribution in [0, 0.1) is 11.7 Å². The Morgan fingerprint density at radius 3 is 2.57 bits per heavy atom. The fourth-order valence-electron chi connectivity index (χ4n) is 2.62. The quantitative estimate of drug-likeness (QED) is 0.751. The molecule has 0 heterocycles. The average molecular weight is 309 g/mol. The van der Waals surface area contributed by atoms with Gasteiger partial charge in [0.05, 0.1) is 16.2 Å². The third-order valence-corrected chi connectivity index (χ3v) is 4.47. The number of anilines is 1. The predicted molar refractivity (Wildman–Crippen MR) is 85.7 cm³/mol. The van der Waals surface area contributed by atoms with Crippen LogP contribution in [-0.4, -0.2) is 16.6 Å². The van der Waals surface area contributed by atoms with E-state index in [1.165, 1.54) is 12.1 Å². The van der Waals surface area contributed by atoms with Crippen molar-refractivity contribution in [3.8, 4) is 0 Å². The lowest BCUT2D eigenvalue weighted by Crippen LogP contribution is -2.59. The predicted octanol–water partition coefficient (Wildman–Crippen LogP) is 3.18. The highest BCUT2D eigenvalue weighted by molar-refractivity contribution is 7.80. The van der Waals surface area contributed by atoms with Gasteiger partial charge >= 0.3 is 6.03 Å². The molecule has 0 bridgehead atoms. The molecule has 0 atom stereocenters. The van der Waals surface area contributed by atoms with Gasteiger partial charge in [-0.15, -0.1) is 0 Å². The fraction of sp³-hybridized carbons (Fsp3) is 0.467. The third-order valence-electron chi connectivity index (χ3n) is 4.07. The Kier molecular flexibility index (Phi) is 4.77. The lowest BCUT2D eigenvalue weighted by Gasteiger charge is -2.39. The lowest BCUT2D eigenvalue weighted by atomic mass is 9.77. The van der Waals surface area contributed by atoms with E-state index in [2.05, 4.69) is 17.6 Å². The molecule has 0 saturated heterocycles. The average Bonchev–Trinajstić information content (AvgIpc) is 2.44. The van der Waals surface area contributed by atoms with Crippen LogP contribution < -0.4 is 16.4 Å². The van der Waals surface area contributed by atoms with E-state index in [0.29, 0.717) is 18.8 Å². The highest BCUT2D eigenvalue weighted by atomic mass is 32.1. The van der Waals surface area contributed by atoms with Crippen LogP contribution in [0.1, 0.15) is 32.6 Å². The topological polar surface area (TPSA) is 67.2 Å². The zero-order chi connectivity index (χ0) is 15.5. The number of para-hydroxylation sites is 1. The molecule has 2 amide bonds. The van der Waals surface area contributed by atoms with Gasteiger partial charge in [-0.25, -0.2) is 9.18 Å². The van der Waals surface area contributed by atoms with Crippen molar-refractivity contribution >= 4 is 28.9 Å². The van der Waals surface area contributed by atoms with Crippen molar-refractivity contribution < 1.29 is 9.18 Å². The normalized spacial score (nSPS) is 25.1. The number of halogens is 1. The first kappa shape index (κ1) is 15.7. The first-order valence-corrected chi connectivity index (χ1v) is 7.47. The Morgan fingerprint density at radius 2 is 2.00 bits per heavy atom. The van der Waals surface area contributed by atoms with Crippen molar-refractivity contribution in [2.45, 2.75) is 38.1 Å². The zero-order valence-corrected chi connectivity index (χ0v) is 12.8. The Balaban J connectivity index is 2.06. The Labute approximate surface area is 129 Å². The van der Waals surface area contributed by atoms with Crippen LogP contribution in [0.15, 0.2) is 24.3 Å². The number of thiocarbonyl (C=S) groups is 1. The molecule has 0 aliphatic heterocycles. The van der Waals surface area contributed by atoms with E-state index < -0.39 is 17.4 Å². The molecule has 114 valence electrons. The molecule has 21 heavy (non-hydrogen) atoms. The van der Waals surface area contributed by atoms with E-state index in [0.717, 1.165) is 12.8 Å². The molecule has 0 aromatic heterocycles. The van der Waals surface area contributed by atoms with Gasteiger partial charge in [-0.3, -0.25) is 0 Å². The number of benzene rings is 1. The second kappa shape index (κ2) is 6.39. The minimum absolute atomic E-state index is 0.136. The number of rotatable bonds is 3. The van der Waals surface area contributed by atoms with Crippen LogP contribution in [0.5, 0.6) is 0 Å². The zero-order valence-electron chi connectivity index (χ0n) is 12.0. The molecule has 1 aliphatic rings.